The fourth-order valence-corrected chi connectivity index (χ4v) is 1.90. The van der Waals surface area contributed by atoms with Crippen LogP contribution < -0.4 is 5.32 Å². The number of rotatable bonds is 3. The van der Waals surface area contributed by atoms with Crippen LogP contribution in [-0.2, 0) is 0 Å². The van der Waals surface area contributed by atoms with Crippen LogP contribution in [0.25, 0.3) is 0 Å². The van der Waals surface area contributed by atoms with Gasteiger partial charge < -0.3 is 0 Å². The number of carbonyl (C=O) groups excluding carboxylic acids is 1. The van der Waals surface area contributed by atoms with Crippen LogP contribution in [0.5, 0.6) is 0 Å². The average molecular weight is 257 g/mol. The van der Waals surface area contributed by atoms with Gasteiger partial charge in [-0.3, -0.25) is 20.2 Å². The van der Waals surface area contributed by atoms with Gasteiger partial charge in [0.15, 0.2) is 10.8 Å². The van der Waals surface area contributed by atoms with Crippen molar-refractivity contribution in [2.75, 3.05) is 5.32 Å². The largest absolute Gasteiger partial charge is 0.345 e. The quantitative estimate of drug-likeness (QED) is 0.652. The van der Waals surface area contributed by atoms with Crippen molar-refractivity contribution >= 4 is 38.9 Å². The molecule has 0 fully saturated rings. The van der Waals surface area contributed by atoms with E-state index in [-0.39, 0.29) is 15.8 Å². The molecule has 0 aliphatic rings. The van der Waals surface area contributed by atoms with Crippen LogP contribution in [0.15, 0.2) is 11.6 Å². The number of amides is 1. The Kier molecular flexibility index (Phi) is 2.83. The predicted octanol–water partition coefficient (Wildman–Crippen LogP) is 1.16. The third kappa shape index (κ3) is 2.17. The standard InChI is InChI=1S/C6H3N5O3S2/c12-5(3-2-15-10-9-3)8-6-7-1-4(16-6)11(13)14/h1-2H,(H,7,8,12). The lowest BCUT2D eigenvalue weighted by molar-refractivity contribution is -0.380. The number of nitrogens with zero attached hydrogens (tertiary/aromatic N) is 4. The van der Waals surface area contributed by atoms with Crippen LogP contribution in [0.4, 0.5) is 10.1 Å². The Hall–Kier alpha value is -1.94. The van der Waals surface area contributed by atoms with E-state index in [1.54, 1.807) is 0 Å². The lowest BCUT2D eigenvalue weighted by Crippen LogP contribution is -2.11. The van der Waals surface area contributed by atoms with Gasteiger partial charge in [0.1, 0.15) is 6.20 Å². The van der Waals surface area contributed by atoms with E-state index in [0.29, 0.717) is 0 Å². The summed E-state index contributed by atoms with van der Waals surface area (Å²) in [6.07, 6.45) is 1.08. The monoisotopic (exact) mass is 257 g/mol. The molecule has 0 radical (unpaired) electrons. The SMILES string of the molecule is O=C(Nc1ncc([N+](=O)[O-])s1)c1csnn1. The molecule has 2 aromatic rings. The maximum absolute atomic E-state index is 11.4. The first kappa shape index (κ1) is 10.6. The van der Waals surface area contributed by atoms with Crippen molar-refractivity contribution in [1.29, 1.82) is 0 Å². The fraction of sp³-hybridized carbons (Fsp3) is 0. The zero-order valence-electron chi connectivity index (χ0n) is 7.48. The number of nitro groups is 1. The molecule has 2 heterocycles. The molecule has 2 rings (SSSR count). The second kappa shape index (κ2) is 4.28. The van der Waals surface area contributed by atoms with E-state index >= 15 is 0 Å². The van der Waals surface area contributed by atoms with Crippen LogP contribution in [0, 0.1) is 10.1 Å². The van der Waals surface area contributed by atoms with E-state index in [0.717, 1.165) is 29.1 Å². The lowest BCUT2D eigenvalue weighted by Gasteiger charge is -1.94. The zero-order chi connectivity index (χ0) is 11.5. The highest BCUT2D eigenvalue weighted by Gasteiger charge is 2.15. The topological polar surface area (TPSA) is 111 Å². The summed E-state index contributed by atoms with van der Waals surface area (Å²) in [5, 5.41) is 17.8. The Labute approximate surface area is 96.3 Å². The fourth-order valence-electron chi connectivity index (χ4n) is 0.833. The molecule has 0 atom stereocenters. The molecule has 10 heteroatoms. The smallest absolute Gasteiger partial charge is 0.296 e. The number of anilines is 1. The molecule has 0 aliphatic carbocycles. The molecule has 0 unspecified atom stereocenters. The Bertz CT molecular complexity index is 522. The summed E-state index contributed by atoms with van der Waals surface area (Å²) in [6.45, 7) is 0. The van der Waals surface area contributed by atoms with E-state index in [1.165, 1.54) is 5.38 Å². The minimum absolute atomic E-state index is 0.133. The van der Waals surface area contributed by atoms with Crippen molar-refractivity contribution in [1.82, 2.24) is 14.6 Å². The highest BCUT2D eigenvalue weighted by Crippen LogP contribution is 2.25. The van der Waals surface area contributed by atoms with Crippen molar-refractivity contribution < 1.29 is 9.72 Å². The maximum Gasteiger partial charge on any atom is 0.345 e. The molecule has 0 aromatic carbocycles. The molecule has 1 amide bonds. The predicted molar refractivity (Wildman–Crippen MR) is 56.6 cm³/mol. The summed E-state index contributed by atoms with van der Waals surface area (Å²) < 4.78 is 3.52. The van der Waals surface area contributed by atoms with E-state index < -0.39 is 10.8 Å². The van der Waals surface area contributed by atoms with Gasteiger partial charge in [0, 0.05) is 5.38 Å². The summed E-state index contributed by atoms with van der Waals surface area (Å²) in [6, 6.07) is 0. The Morgan fingerprint density at radius 3 is 2.94 bits per heavy atom. The van der Waals surface area contributed by atoms with Gasteiger partial charge in [-0.05, 0) is 22.9 Å². The summed E-state index contributed by atoms with van der Waals surface area (Å²) in [7, 11) is 0. The van der Waals surface area contributed by atoms with E-state index in [9.17, 15) is 14.9 Å². The highest BCUT2D eigenvalue weighted by atomic mass is 32.1. The molecule has 1 N–H and O–H groups in total. The summed E-state index contributed by atoms with van der Waals surface area (Å²) in [4.78, 5) is 24.9. The molecule has 0 saturated carbocycles. The van der Waals surface area contributed by atoms with Gasteiger partial charge in [0.2, 0.25) is 0 Å². The molecule has 0 bridgehead atoms. The van der Waals surface area contributed by atoms with E-state index in [1.807, 2.05) is 0 Å². The lowest BCUT2D eigenvalue weighted by atomic mass is 10.5. The molecule has 16 heavy (non-hydrogen) atoms. The first-order valence-electron chi connectivity index (χ1n) is 3.85. The molecule has 0 spiro atoms. The summed E-state index contributed by atoms with van der Waals surface area (Å²) in [5.41, 5.74) is 0.155. The second-order valence-corrected chi connectivity index (χ2v) is 4.12. The molecule has 0 aliphatic heterocycles. The average Bonchev–Trinajstić information content (AvgIpc) is 2.87. The Morgan fingerprint density at radius 2 is 2.38 bits per heavy atom. The summed E-state index contributed by atoms with van der Waals surface area (Å²) in [5.74, 6) is -0.488. The van der Waals surface area contributed by atoms with Gasteiger partial charge >= 0.3 is 5.00 Å². The number of hydrogen-bond donors (Lipinski definition) is 1. The number of nitrogens with one attached hydrogen (secondary N) is 1. The van der Waals surface area contributed by atoms with Crippen LogP contribution in [0.1, 0.15) is 10.5 Å². The van der Waals surface area contributed by atoms with Crippen LogP contribution >= 0.6 is 22.9 Å². The first-order chi connectivity index (χ1) is 7.66. The van der Waals surface area contributed by atoms with Crippen molar-refractivity contribution in [3.63, 3.8) is 0 Å². The summed E-state index contributed by atoms with van der Waals surface area (Å²) >= 11 is 1.82. The van der Waals surface area contributed by atoms with Gasteiger partial charge in [-0.15, -0.1) is 5.10 Å². The first-order valence-corrected chi connectivity index (χ1v) is 5.51. The third-order valence-electron chi connectivity index (χ3n) is 1.49. The maximum atomic E-state index is 11.4. The normalized spacial score (nSPS) is 10.0. The third-order valence-corrected chi connectivity index (χ3v) is 2.86. The Balaban J connectivity index is 2.09. The van der Waals surface area contributed by atoms with Crippen molar-refractivity contribution in [2.45, 2.75) is 0 Å². The van der Waals surface area contributed by atoms with Gasteiger partial charge in [-0.2, -0.15) is 0 Å². The van der Waals surface area contributed by atoms with Crippen LogP contribution in [0.3, 0.4) is 0 Å². The van der Waals surface area contributed by atoms with E-state index in [2.05, 4.69) is 19.9 Å². The van der Waals surface area contributed by atoms with Gasteiger partial charge in [0.05, 0.1) is 4.92 Å². The second-order valence-electron chi connectivity index (χ2n) is 2.51. The minimum atomic E-state index is -0.572. The van der Waals surface area contributed by atoms with Crippen molar-refractivity contribution in [3.8, 4) is 0 Å². The van der Waals surface area contributed by atoms with Gasteiger partial charge in [-0.1, -0.05) is 4.49 Å². The number of aromatic nitrogens is 3. The van der Waals surface area contributed by atoms with Crippen molar-refractivity contribution in [2.24, 2.45) is 0 Å². The van der Waals surface area contributed by atoms with Crippen LogP contribution in [0.2, 0.25) is 0 Å². The molecule has 82 valence electrons. The van der Waals surface area contributed by atoms with Crippen molar-refractivity contribution in [3.05, 3.63) is 27.4 Å². The molecule has 0 saturated heterocycles. The molecular formula is C6H3N5O3S2. The van der Waals surface area contributed by atoms with Gasteiger partial charge in [-0.25, -0.2) is 4.98 Å². The molecule has 2 aromatic heterocycles. The number of carbonyl (C=O) groups is 1. The minimum Gasteiger partial charge on any atom is -0.296 e. The Morgan fingerprint density at radius 1 is 1.56 bits per heavy atom. The number of thiazole rings is 1. The van der Waals surface area contributed by atoms with Crippen LogP contribution in [-0.4, -0.2) is 25.4 Å². The van der Waals surface area contributed by atoms with E-state index in [4.69, 9.17) is 0 Å². The zero-order valence-corrected chi connectivity index (χ0v) is 9.12. The molecular weight excluding hydrogens is 254 g/mol. The molecule has 8 nitrogen and oxygen atoms in total. The highest BCUT2D eigenvalue weighted by molar-refractivity contribution is 7.18. The number of hydrogen-bond acceptors (Lipinski definition) is 8. The van der Waals surface area contributed by atoms with Gasteiger partial charge in [0.25, 0.3) is 5.91 Å².